The maximum absolute atomic E-state index is 15.2. The van der Waals surface area contributed by atoms with Crippen molar-refractivity contribution in [2.24, 2.45) is 5.92 Å². The summed E-state index contributed by atoms with van der Waals surface area (Å²) >= 11 is 0. The molecule has 3 saturated heterocycles. The van der Waals surface area contributed by atoms with Crippen molar-refractivity contribution < 1.29 is 32.7 Å². The van der Waals surface area contributed by atoms with Crippen LogP contribution in [0.5, 0.6) is 0 Å². The molecule has 3 aliphatic heterocycles. The van der Waals surface area contributed by atoms with Crippen LogP contribution in [0.1, 0.15) is 70.6 Å². The number of nitrogens with zero attached hydrogens (tertiary/aromatic N) is 5. The van der Waals surface area contributed by atoms with Crippen molar-refractivity contribution >= 4 is 46.8 Å². The number of hydrogen-bond donors (Lipinski definition) is 4. The quantitative estimate of drug-likeness (QED) is 0.200. The van der Waals surface area contributed by atoms with Crippen LogP contribution in [0.2, 0.25) is 0 Å². The maximum Gasteiger partial charge on any atom is 0.414 e. The first-order valence-corrected chi connectivity index (χ1v) is 20.7. The van der Waals surface area contributed by atoms with Crippen molar-refractivity contribution in [3.05, 3.63) is 60.3 Å². The zero-order valence-electron chi connectivity index (χ0n) is 32.6. The Hall–Kier alpha value is -5.38. The summed E-state index contributed by atoms with van der Waals surface area (Å²) in [7, 11) is 0. The van der Waals surface area contributed by atoms with E-state index in [1.54, 1.807) is 41.3 Å². The van der Waals surface area contributed by atoms with Gasteiger partial charge in [0.25, 0.3) is 0 Å². The van der Waals surface area contributed by atoms with E-state index in [2.05, 4.69) is 41.0 Å². The number of carbonyl (C=O) groups is 4. The summed E-state index contributed by atoms with van der Waals surface area (Å²) < 4.78 is 35.3. The highest BCUT2D eigenvalue weighted by atomic mass is 19.1. The van der Waals surface area contributed by atoms with Crippen LogP contribution in [-0.4, -0.2) is 102 Å². The Labute approximate surface area is 336 Å². The SMILES string of the molecule is O=C1CC[C@@H](Nc2ccc(N3CCN([C@H]4CC[C@H](C(=O)NC5CCC(Nc6ncc(F)c(-c7cccc(N8CCCOC8=O)c7)n6)CC5)CC4)CC3)c(F)c2)C(=O)N1. The van der Waals surface area contributed by atoms with Gasteiger partial charge in [0.15, 0.2) is 5.82 Å². The topological polar surface area (TPSA) is 161 Å². The molecular formula is C42H51F2N9O5. The van der Waals surface area contributed by atoms with E-state index in [4.69, 9.17) is 4.74 Å². The van der Waals surface area contributed by atoms with Crippen LogP contribution in [0.25, 0.3) is 11.3 Å². The molecule has 5 aliphatic rings. The van der Waals surface area contributed by atoms with Crippen LogP contribution in [0, 0.1) is 17.6 Å². The number of piperazine rings is 1. The van der Waals surface area contributed by atoms with E-state index in [0.717, 1.165) is 70.9 Å². The molecule has 0 spiro atoms. The first kappa shape index (κ1) is 39.4. The van der Waals surface area contributed by atoms with Crippen molar-refractivity contribution in [1.29, 1.82) is 0 Å². The van der Waals surface area contributed by atoms with Crippen molar-refractivity contribution in [1.82, 2.24) is 25.5 Å². The zero-order valence-corrected chi connectivity index (χ0v) is 32.6. The first-order valence-electron chi connectivity index (χ1n) is 20.7. The number of anilines is 4. The van der Waals surface area contributed by atoms with Gasteiger partial charge in [-0.3, -0.25) is 29.5 Å². The predicted molar refractivity (Wildman–Crippen MR) is 214 cm³/mol. The monoisotopic (exact) mass is 799 g/mol. The lowest BCUT2D eigenvalue weighted by Crippen LogP contribution is -2.52. The van der Waals surface area contributed by atoms with Crippen LogP contribution in [-0.2, 0) is 19.1 Å². The summed E-state index contributed by atoms with van der Waals surface area (Å²) in [5, 5.41) is 12.1. The predicted octanol–water partition coefficient (Wildman–Crippen LogP) is 5.21. The maximum atomic E-state index is 15.2. The van der Waals surface area contributed by atoms with Gasteiger partial charge in [-0.1, -0.05) is 12.1 Å². The van der Waals surface area contributed by atoms with E-state index >= 15 is 4.39 Å². The highest BCUT2D eigenvalue weighted by Crippen LogP contribution is 2.32. The molecule has 58 heavy (non-hydrogen) atoms. The number of halogens is 2. The molecule has 1 atom stereocenters. The fraction of sp³-hybridized carbons (Fsp3) is 0.524. The molecule has 1 aromatic heterocycles. The molecule has 2 aromatic carbocycles. The third kappa shape index (κ3) is 9.16. The third-order valence-electron chi connectivity index (χ3n) is 12.3. The van der Waals surface area contributed by atoms with Crippen LogP contribution in [0.4, 0.5) is 36.6 Å². The molecule has 0 radical (unpaired) electrons. The summed E-state index contributed by atoms with van der Waals surface area (Å²) in [6.45, 7) is 3.98. The highest BCUT2D eigenvalue weighted by Gasteiger charge is 2.33. The fourth-order valence-corrected chi connectivity index (χ4v) is 9.05. The average molecular weight is 800 g/mol. The number of ether oxygens (including phenoxy) is 1. The van der Waals surface area contributed by atoms with Gasteiger partial charge in [-0.05, 0) is 94.5 Å². The summed E-state index contributed by atoms with van der Waals surface area (Å²) in [5.74, 6) is -1.10. The molecular weight excluding hydrogens is 749 g/mol. The largest absolute Gasteiger partial charge is 0.449 e. The number of amides is 4. The van der Waals surface area contributed by atoms with Crippen molar-refractivity contribution in [3.63, 3.8) is 0 Å². The number of hydrogen-bond acceptors (Lipinski definition) is 11. The number of cyclic esters (lactones) is 1. The Kier molecular flexibility index (Phi) is 12.0. The Morgan fingerprint density at radius 3 is 2.34 bits per heavy atom. The van der Waals surface area contributed by atoms with Gasteiger partial charge in [0, 0.05) is 80.1 Å². The molecule has 14 nitrogen and oxygen atoms in total. The summed E-state index contributed by atoms with van der Waals surface area (Å²) in [5.41, 5.74) is 2.37. The lowest BCUT2D eigenvalue weighted by Gasteiger charge is -2.42. The minimum absolute atomic E-state index is 0.000112. The second-order valence-corrected chi connectivity index (χ2v) is 16.1. The number of benzene rings is 2. The van der Waals surface area contributed by atoms with Crippen molar-refractivity contribution in [2.45, 2.75) is 94.8 Å². The van der Waals surface area contributed by atoms with E-state index < -0.39 is 18.0 Å². The first-order chi connectivity index (χ1) is 28.2. The summed E-state index contributed by atoms with van der Waals surface area (Å²) in [6, 6.07) is 12.0. The summed E-state index contributed by atoms with van der Waals surface area (Å²) in [4.78, 5) is 64.0. The van der Waals surface area contributed by atoms with E-state index in [1.165, 1.54) is 12.3 Å². The second kappa shape index (κ2) is 17.6. The molecule has 0 unspecified atom stereocenters. The number of aromatic nitrogens is 2. The lowest BCUT2D eigenvalue weighted by atomic mass is 9.83. The van der Waals surface area contributed by atoms with Crippen LogP contribution < -0.4 is 31.1 Å². The smallest absolute Gasteiger partial charge is 0.414 e. The molecule has 0 bridgehead atoms. The molecule has 2 saturated carbocycles. The second-order valence-electron chi connectivity index (χ2n) is 16.1. The number of nitrogens with one attached hydrogen (secondary N) is 4. The van der Waals surface area contributed by atoms with Gasteiger partial charge in [-0.25, -0.2) is 23.5 Å². The van der Waals surface area contributed by atoms with Gasteiger partial charge in [0.05, 0.1) is 18.5 Å². The van der Waals surface area contributed by atoms with Gasteiger partial charge < -0.3 is 25.6 Å². The van der Waals surface area contributed by atoms with Crippen LogP contribution in [0.15, 0.2) is 48.7 Å². The highest BCUT2D eigenvalue weighted by molar-refractivity contribution is 6.01. The van der Waals surface area contributed by atoms with Gasteiger partial charge in [0.1, 0.15) is 17.6 Å². The van der Waals surface area contributed by atoms with Gasteiger partial charge >= 0.3 is 6.09 Å². The lowest BCUT2D eigenvalue weighted by molar-refractivity contribution is -0.133. The van der Waals surface area contributed by atoms with Crippen molar-refractivity contribution in [2.75, 3.05) is 59.8 Å². The average Bonchev–Trinajstić information content (AvgIpc) is 3.24. The third-order valence-corrected chi connectivity index (χ3v) is 12.3. The molecule has 4 heterocycles. The number of imide groups is 1. The molecule has 2 aliphatic carbocycles. The Bertz CT molecular complexity index is 2000. The molecule has 16 heteroatoms. The Morgan fingerprint density at radius 2 is 1.60 bits per heavy atom. The van der Waals surface area contributed by atoms with Crippen LogP contribution >= 0.6 is 0 Å². The minimum Gasteiger partial charge on any atom is -0.449 e. The number of rotatable bonds is 10. The standard InChI is InChI=1S/C42H51F2N9O5/c43-33-24-30(46-35-14-16-37(54)49-40(35)56)11-15-36(33)52-20-18-51(19-21-52)31-12-5-26(6-13-31)39(55)47-28-7-9-29(10-8-28)48-41-45-25-34(44)38(50-41)27-3-1-4-32(23-27)53-17-2-22-58-42(53)57/h1,3-4,11,15,23-26,28-29,31,35,46H,2,5-10,12-14,16-22H2,(H,47,55)(H,45,48,50)(H,49,54,56)/t26-,28?,29?,31-,35-/m1/s1. The molecule has 8 rings (SSSR count). The molecule has 308 valence electrons. The Morgan fingerprint density at radius 1 is 0.828 bits per heavy atom. The fourth-order valence-electron chi connectivity index (χ4n) is 9.05. The van der Waals surface area contributed by atoms with E-state index in [-0.39, 0.29) is 53.7 Å². The Balaban J connectivity index is 0.754. The van der Waals surface area contributed by atoms with Gasteiger partial charge in [-0.15, -0.1) is 0 Å². The van der Waals surface area contributed by atoms with Gasteiger partial charge in [-0.2, -0.15) is 0 Å². The molecule has 4 N–H and O–H groups in total. The van der Waals surface area contributed by atoms with E-state index in [0.29, 0.717) is 67.3 Å². The number of carbonyl (C=O) groups excluding carboxylic acids is 4. The molecule has 3 aromatic rings. The van der Waals surface area contributed by atoms with Gasteiger partial charge in [0.2, 0.25) is 23.7 Å². The normalized spacial score (nSPS) is 25.8. The van der Waals surface area contributed by atoms with E-state index in [9.17, 15) is 23.6 Å². The number of piperidine rings is 1. The van der Waals surface area contributed by atoms with Crippen LogP contribution in [0.3, 0.4) is 0 Å². The molecule has 4 amide bonds. The van der Waals surface area contributed by atoms with E-state index in [1.807, 2.05) is 0 Å². The summed E-state index contributed by atoms with van der Waals surface area (Å²) in [6.07, 6.45) is 9.00. The van der Waals surface area contributed by atoms with Crippen molar-refractivity contribution in [3.8, 4) is 11.3 Å². The molecule has 5 fully saturated rings. The zero-order chi connectivity index (χ0) is 40.2. The minimum atomic E-state index is -0.564.